The van der Waals surface area contributed by atoms with Crippen molar-refractivity contribution < 1.29 is 14.4 Å². The van der Waals surface area contributed by atoms with Crippen LogP contribution in [0.1, 0.15) is 44.2 Å². The van der Waals surface area contributed by atoms with E-state index in [4.69, 9.17) is 0 Å². The molecular formula is C34H43N5O3. The molecule has 2 aliphatic rings. The molecule has 2 aromatic rings. The van der Waals surface area contributed by atoms with Gasteiger partial charge in [-0.25, -0.2) is 14.8 Å². The van der Waals surface area contributed by atoms with Crippen molar-refractivity contribution in [2.45, 2.75) is 51.9 Å². The van der Waals surface area contributed by atoms with Crippen LogP contribution in [0, 0.1) is 5.92 Å². The first-order valence-corrected chi connectivity index (χ1v) is 14.7. The first-order valence-electron chi connectivity index (χ1n) is 14.7. The number of rotatable bonds is 10. The molecule has 2 aliphatic heterocycles. The topological polar surface area (TPSA) is 76.2 Å². The molecular weight excluding hydrogens is 526 g/mol. The minimum Gasteiger partial charge on any atom is -0.336 e. The Morgan fingerprint density at radius 2 is 1.74 bits per heavy atom. The number of nitrogens with zero attached hydrogens (tertiary/aromatic N) is 4. The van der Waals surface area contributed by atoms with E-state index in [9.17, 15) is 14.4 Å². The Labute approximate surface area is 249 Å². The smallest absolute Gasteiger partial charge is 0.334 e. The largest absolute Gasteiger partial charge is 0.336 e. The van der Waals surface area contributed by atoms with Gasteiger partial charge in [0, 0.05) is 26.1 Å². The van der Waals surface area contributed by atoms with Gasteiger partial charge in [0.25, 0.3) is 0 Å². The number of carbonyl (C=O) groups is 3. The molecule has 0 aromatic heterocycles. The Bertz CT molecular complexity index is 1310. The van der Waals surface area contributed by atoms with Gasteiger partial charge in [0.15, 0.2) is 0 Å². The Morgan fingerprint density at radius 1 is 1.07 bits per heavy atom. The molecule has 2 heterocycles. The van der Waals surface area contributed by atoms with Crippen LogP contribution in [0.5, 0.6) is 0 Å². The maximum Gasteiger partial charge on any atom is 0.334 e. The van der Waals surface area contributed by atoms with Gasteiger partial charge < -0.3 is 15.1 Å². The zero-order chi connectivity index (χ0) is 30.2. The van der Waals surface area contributed by atoms with E-state index in [1.165, 1.54) is 0 Å². The lowest BCUT2D eigenvalue weighted by molar-refractivity contribution is -0.190. The third-order valence-corrected chi connectivity index (χ3v) is 8.22. The summed E-state index contributed by atoms with van der Waals surface area (Å²) in [5.74, 6) is -0.476. The Hall–Kier alpha value is -4.17. The summed E-state index contributed by atoms with van der Waals surface area (Å²) in [6.07, 6.45) is 7.92. The molecule has 2 fully saturated rings. The van der Waals surface area contributed by atoms with Crippen LogP contribution >= 0.6 is 0 Å². The lowest BCUT2D eigenvalue weighted by Crippen LogP contribution is -2.76. The number of urea groups is 1. The van der Waals surface area contributed by atoms with Crippen LogP contribution in [0.2, 0.25) is 0 Å². The van der Waals surface area contributed by atoms with Gasteiger partial charge in [-0.05, 0) is 29.5 Å². The highest BCUT2D eigenvalue weighted by molar-refractivity contribution is 5.91. The van der Waals surface area contributed by atoms with Crippen LogP contribution in [-0.4, -0.2) is 76.6 Å². The van der Waals surface area contributed by atoms with Gasteiger partial charge in [-0.1, -0.05) is 112 Å². The van der Waals surface area contributed by atoms with Crippen LogP contribution in [0.3, 0.4) is 0 Å². The summed E-state index contributed by atoms with van der Waals surface area (Å²) in [6.45, 7) is 11.3. The minimum absolute atomic E-state index is 0.0225. The zero-order valence-electron chi connectivity index (χ0n) is 25.1. The Balaban J connectivity index is 1.67. The first kappa shape index (κ1) is 30.8. The summed E-state index contributed by atoms with van der Waals surface area (Å²) in [6, 6.07) is 18.8. The molecule has 2 saturated heterocycles. The number of nitrogens with one attached hydrogen (secondary N) is 1. The summed E-state index contributed by atoms with van der Waals surface area (Å²) in [5.41, 5.74) is 2.91. The van der Waals surface area contributed by atoms with E-state index < -0.39 is 12.2 Å². The number of piperazine rings is 1. The molecule has 0 bridgehead atoms. The third kappa shape index (κ3) is 6.82. The molecule has 0 spiro atoms. The second kappa shape index (κ2) is 14.1. The number of benzene rings is 2. The Kier molecular flexibility index (Phi) is 10.4. The van der Waals surface area contributed by atoms with Gasteiger partial charge in [-0.3, -0.25) is 9.59 Å². The molecule has 1 N–H and O–H groups in total. The second-order valence-corrected chi connectivity index (χ2v) is 11.1. The van der Waals surface area contributed by atoms with Crippen molar-refractivity contribution in [3.05, 3.63) is 108 Å². The fourth-order valence-electron chi connectivity index (χ4n) is 5.76. The van der Waals surface area contributed by atoms with E-state index in [1.54, 1.807) is 22.0 Å². The van der Waals surface area contributed by atoms with Gasteiger partial charge in [-0.2, -0.15) is 0 Å². The molecule has 0 saturated carbocycles. The van der Waals surface area contributed by atoms with E-state index in [0.717, 1.165) is 23.1 Å². The molecule has 4 atom stereocenters. The van der Waals surface area contributed by atoms with Crippen molar-refractivity contribution in [2.75, 3.05) is 26.7 Å². The number of hydrogen-bond acceptors (Lipinski definition) is 4. The van der Waals surface area contributed by atoms with Crippen molar-refractivity contribution in [3.63, 3.8) is 0 Å². The molecule has 2 aromatic carbocycles. The highest BCUT2D eigenvalue weighted by Gasteiger charge is 2.52. The number of allylic oxidation sites excluding steroid dienone is 4. The average molecular weight is 570 g/mol. The summed E-state index contributed by atoms with van der Waals surface area (Å²) >= 11 is 0. The third-order valence-electron chi connectivity index (χ3n) is 8.22. The van der Waals surface area contributed by atoms with E-state index in [2.05, 4.69) is 11.9 Å². The van der Waals surface area contributed by atoms with Gasteiger partial charge in [-0.15, -0.1) is 0 Å². The fraction of sp³-hybridized carbons (Fsp3) is 0.382. The van der Waals surface area contributed by atoms with Gasteiger partial charge in [0.2, 0.25) is 11.8 Å². The number of amides is 4. The Morgan fingerprint density at radius 3 is 2.38 bits per heavy atom. The normalized spacial score (nSPS) is 21.1. The first-order chi connectivity index (χ1) is 20.3. The van der Waals surface area contributed by atoms with E-state index in [1.807, 2.05) is 111 Å². The van der Waals surface area contributed by atoms with E-state index >= 15 is 0 Å². The molecule has 222 valence electrons. The van der Waals surface area contributed by atoms with Crippen molar-refractivity contribution in [1.29, 1.82) is 0 Å². The molecule has 8 heteroatoms. The van der Waals surface area contributed by atoms with Gasteiger partial charge in [0.05, 0.1) is 13.1 Å². The van der Waals surface area contributed by atoms with E-state index in [0.29, 0.717) is 13.1 Å². The number of hydrazine groups is 1. The molecule has 0 aliphatic carbocycles. The highest BCUT2D eigenvalue weighted by Crippen LogP contribution is 2.33. The van der Waals surface area contributed by atoms with Crippen molar-refractivity contribution in [2.24, 2.45) is 5.92 Å². The fourth-order valence-corrected chi connectivity index (χ4v) is 5.76. The van der Waals surface area contributed by atoms with E-state index in [-0.39, 0.29) is 42.8 Å². The van der Waals surface area contributed by atoms with Crippen LogP contribution in [0.25, 0.3) is 0 Å². The number of fused-ring (bicyclic) bond motifs is 1. The lowest BCUT2D eigenvalue weighted by atomic mass is 9.88. The van der Waals surface area contributed by atoms with Crippen LogP contribution < -0.4 is 5.32 Å². The maximum atomic E-state index is 14.2. The number of hydrogen-bond donors (Lipinski definition) is 1. The average Bonchev–Trinajstić information content (AvgIpc) is 2.99. The number of likely N-dealkylation sites (N-methyl/N-ethyl adjacent to an activating group) is 1. The minimum atomic E-state index is -0.664. The highest BCUT2D eigenvalue weighted by atomic mass is 16.2. The summed E-state index contributed by atoms with van der Waals surface area (Å²) in [7, 11) is 1.75. The molecule has 0 radical (unpaired) electrons. The number of carbonyl (C=O) groups excluding carboxylic acids is 3. The predicted octanol–water partition coefficient (Wildman–Crippen LogP) is 4.94. The van der Waals surface area contributed by atoms with Crippen LogP contribution in [0.4, 0.5) is 4.79 Å². The van der Waals surface area contributed by atoms with Crippen LogP contribution in [0.15, 0.2) is 97.1 Å². The standard InChI is InChI=1S/C34H43N5O3/c1-6-8-11-16-26(4)29(28-19-14-10-15-20-28)22-37-23-30-38(32(33(37)41)25(3)7-2)31(40)24-36(5)39(30)34(42)35-21-27-17-12-9-13-18-27/h6,8-20,25,29-30,32H,4,7,21-24H2,1-3,5H3,(H,35,42)/b8-6-,16-11-/t25?,29?,30-,32-/m0/s1. The molecule has 2 unspecified atom stereocenters. The molecule has 42 heavy (non-hydrogen) atoms. The SMILES string of the molecule is C=C(/C=C\C=C/C)C(CN1C[C@H]2N(C(=O)CN(C)N2C(=O)NCc2ccccc2)[C@@H](C(C)CC)C1=O)c1ccccc1. The second-order valence-electron chi connectivity index (χ2n) is 11.1. The molecule has 4 rings (SSSR count). The van der Waals surface area contributed by atoms with Gasteiger partial charge in [0.1, 0.15) is 12.2 Å². The molecule has 8 nitrogen and oxygen atoms in total. The monoisotopic (exact) mass is 569 g/mol. The summed E-state index contributed by atoms with van der Waals surface area (Å²) < 4.78 is 0. The van der Waals surface area contributed by atoms with Crippen molar-refractivity contribution in [1.82, 2.24) is 25.1 Å². The summed E-state index contributed by atoms with van der Waals surface area (Å²) in [5, 5.41) is 6.29. The quantitative estimate of drug-likeness (QED) is 0.411. The van der Waals surface area contributed by atoms with Crippen LogP contribution in [-0.2, 0) is 16.1 Å². The zero-order valence-corrected chi connectivity index (χ0v) is 25.1. The summed E-state index contributed by atoms with van der Waals surface area (Å²) in [4.78, 5) is 44.8. The maximum absolute atomic E-state index is 14.2. The van der Waals surface area contributed by atoms with Crippen molar-refractivity contribution in [3.8, 4) is 0 Å². The van der Waals surface area contributed by atoms with Crippen molar-refractivity contribution >= 4 is 17.8 Å². The predicted molar refractivity (Wildman–Crippen MR) is 166 cm³/mol. The van der Waals surface area contributed by atoms with Gasteiger partial charge >= 0.3 is 6.03 Å². The molecule has 4 amide bonds. The lowest BCUT2D eigenvalue weighted by Gasteiger charge is -2.55.